The zero-order valence-corrected chi connectivity index (χ0v) is 13.6. The molecular formula is C14H10N2S4. The highest BCUT2D eigenvalue weighted by molar-refractivity contribution is 7.81. The van der Waals surface area contributed by atoms with Crippen molar-refractivity contribution < 1.29 is 0 Å². The number of rotatable bonds is 2. The van der Waals surface area contributed by atoms with E-state index in [-0.39, 0.29) is 5.37 Å². The monoisotopic (exact) mass is 334 g/mol. The lowest BCUT2D eigenvalue weighted by molar-refractivity contribution is 0.967. The maximum Gasteiger partial charge on any atom is 0.113 e. The minimum absolute atomic E-state index is 0.0212. The van der Waals surface area contributed by atoms with Gasteiger partial charge in [0.2, 0.25) is 0 Å². The van der Waals surface area contributed by atoms with E-state index in [4.69, 9.17) is 12.2 Å². The number of thiol groups is 1. The highest BCUT2D eigenvalue weighted by Crippen LogP contribution is 2.42. The fourth-order valence-electron chi connectivity index (χ4n) is 2.52. The van der Waals surface area contributed by atoms with Crippen LogP contribution in [0, 0.1) is 0 Å². The van der Waals surface area contributed by atoms with Gasteiger partial charge in [0.05, 0.1) is 26.5 Å². The molecule has 0 aliphatic carbocycles. The van der Waals surface area contributed by atoms with Crippen LogP contribution in [0.5, 0.6) is 0 Å². The second-order valence-corrected chi connectivity index (χ2v) is 7.31. The number of hydrogen-bond acceptors (Lipinski definition) is 5. The van der Waals surface area contributed by atoms with Crippen LogP contribution in [-0.4, -0.2) is 10.4 Å². The first-order valence-corrected chi connectivity index (χ1v) is 8.76. The van der Waals surface area contributed by atoms with Crippen molar-refractivity contribution in [3.05, 3.63) is 55.9 Å². The maximum atomic E-state index is 5.54. The van der Waals surface area contributed by atoms with E-state index in [1.807, 2.05) is 0 Å². The summed E-state index contributed by atoms with van der Waals surface area (Å²) in [7, 11) is 0. The molecule has 2 nitrogen and oxygen atoms in total. The van der Waals surface area contributed by atoms with Gasteiger partial charge in [0.1, 0.15) is 4.99 Å². The Hall–Kier alpha value is -1.08. The van der Waals surface area contributed by atoms with E-state index >= 15 is 0 Å². The second kappa shape index (κ2) is 4.73. The fraction of sp³-hybridized carbons (Fsp3) is 0.0714. The highest BCUT2D eigenvalue weighted by Gasteiger charge is 2.38. The molecule has 0 saturated carbocycles. The van der Waals surface area contributed by atoms with Crippen LogP contribution in [-0.2, 0) is 0 Å². The second-order valence-electron chi connectivity index (χ2n) is 4.49. The molecule has 2 aliphatic rings. The molecule has 100 valence electrons. The number of thiocarbonyl (C=S) groups is 1. The van der Waals surface area contributed by atoms with Crippen LogP contribution in [0.25, 0.3) is 11.4 Å². The zero-order chi connectivity index (χ0) is 13.7. The van der Waals surface area contributed by atoms with Gasteiger partial charge in [-0.3, -0.25) is 0 Å². The molecule has 0 amide bonds. The molecule has 6 heteroatoms. The van der Waals surface area contributed by atoms with Gasteiger partial charge in [-0.15, -0.1) is 35.3 Å². The molecule has 1 unspecified atom stereocenters. The van der Waals surface area contributed by atoms with Crippen LogP contribution in [0.15, 0.2) is 46.2 Å². The van der Waals surface area contributed by atoms with Gasteiger partial charge < -0.3 is 10.6 Å². The van der Waals surface area contributed by atoms with E-state index in [0.29, 0.717) is 0 Å². The number of hydrogen-bond donors (Lipinski definition) is 3. The highest BCUT2D eigenvalue weighted by atomic mass is 32.1. The lowest BCUT2D eigenvalue weighted by atomic mass is 10.1. The average Bonchev–Trinajstić information content (AvgIpc) is 3.17. The van der Waals surface area contributed by atoms with Crippen LogP contribution in [0.4, 0.5) is 0 Å². The third-order valence-corrected chi connectivity index (χ3v) is 5.81. The summed E-state index contributed by atoms with van der Waals surface area (Å²) in [5.74, 6) is 0. The van der Waals surface area contributed by atoms with Gasteiger partial charge in [-0.25, -0.2) is 0 Å². The first-order valence-electron chi connectivity index (χ1n) is 6.08. The van der Waals surface area contributed by atoms with Gasteiger partial charge in [0, 0.05) is 11.1 Å². The molecule has 0 radical (unpaired) electrons. The Bertz CT molecular complexity index is 738. The summed E-state index contributed by atoms with van der Waals surface area (Å²) in [5, 5.41) is 10.9. The van der Waals surface area contributed by atoms with Crippen molar-refractivity contribution in [2.24, 2.45) is 0 Å². The number of thiophene rings is 2. The fourth-order valence-corrected chi connectivity index (χ4v) is 4.70. The lowest BCUT2D eigenvalue weighted by Crippen LogP contribution is -2.20. The Morgan fingerprint density at radius 2 is 1.70 bits per heavy atom. The normalized spacial score (nSPS) is 21.2. The standard InChI is InChI=1S/C14H10N2S4/c17-13-9-10(12(16-13)8-4-2-6-20-8)14(18)15-11(9)7-3-1-5-19-7/h1-6,13,16-17H,(H,15,18). The van der Waals surface area contributed by atoms with Gasteiger partial charge in [0.25, 0.3) is 0 Å². The van der Waals surface area contributed by atoms with Crippen LogP contribution in [0.2, 0.25) is 0 Å². The van der Waals surface area contributed by atoms with Crippen LogP contribution in [0.3, 0.4) is 0 Å². The molecule has 2 aliphatic heterocycles. The van der Waals surface area contributed by atoms with Crippen molar-refractivity contribution in [3.63, 3.8) is 0 Å². The Balaban J connectivity index is 1.93. The minimum atomic E-state index is -0.0212. The predicted octanol–water partition coefficient (Wildman–Crippen LogP) is 3.72. The van der Waals surface area contributed by atoms with Crippen LogP contribution >= 0.6 is 47.5 Å². The van der Waals surface area contributed by atoms with E-state index < -0.39 is 0 Å². The van der Waals surface area contributed by atoms with E-state index in [1.165, 1.54) is 15.3 Å². The van der Waals surface area contributed by atoms with Gasteiger partial charge in [-0.1, -0.05) is 24.4 Å². The third kappa shape index (κ3) is 1.79. The van der Waals surface area contributed by atoms with Gasteiger partial charge >= 0.3 is 0 Å². The Morgan fingerprint density at radius 1 is 1.05 bits per heavy atom. The molecule has 20 heavy (non-hydrogen) atoms. The molecule has 1 atom stereocenters. The molecule has 0 bridgehead atoms. The summed E-state index contributed by atoms with van der Waals surface area (Å²) >= 11 is 13.6. The van der Waals surface area contributed by atoms with E-state index in [9.17, 15) is 0 Å². The number of fused-ring (bicyclic) bond motifs is 1. The third-order valence-electron chi connectivity index (χ3n) is 3.34. The quantitative estimate of drug-likeness (QED) is 0.576. The molecular weight excluding hydrogens is 324 g/mol. The maximum absolute atomic E-state index is 5.54. The van der Waals surface area contributed by atoms with E-state index in [0.717, 1.165) is 22.0 Å². The van der Waals surface area contributed by atoms with Gasteiger partial charge in [0.15, 0.2) is 0 Å². The lowest BCUT2D eigenvalue weighted by Gasteiger charge is -2.10. The summed E-state index contributed by atoms with van der Waals surface area (Å²) < 4.78 is 0. The van der Waals surface area contributed by atoms with Crippen molar-refractivity contribution in [1.82, 2.24) is 10.6 Å². The summed E-state index contributed by atoms with van der Waals surface area (Å²) in [6.07, 6.45) is 0. The van der Waals surface area contributed by atoms with Crippen molar-refractivity contribution >= 4 is 63.9 Å². The Kier molecular flexibility index (Phi) is 2.99. The molecule has 4 heterocycles. The predicted molar refractivity (Wildman–Crippen MR) is 94.1 cm³/mol. The Labute approximate surface area is 135 Å². The summed E-state index contributed by atoms with van der Waals surface area (Å²) in [5.41, 5.74) is 4.47. The molecule has 4 rings (SSSR count). The SMILES string of the molecule is S=C1NC(c2cccs2)=C2C1=C(c1cccs1)NC2S. The molecule has 0 fully saturated rings. The summed E-state index contributed by atoms with van der Waals surface area (Å²) in [6, 6.07) is 8.32. The first kappa shape index (κ1) is 12.6. The van der Waals surface area contributed by atoms with E-state index in [1.54, 1.807) is 22.7 Å². The molecule has 0 saturated heterocycles. The van der Waals surface area contributed by atoms with Crippen LogP contribution < -0.4 is 10.6 Å². The van der Waals surface area contributed by atoms with Gasteiger partial charge in [-0.05, 0) is 22.9 Å². The largest absolute Gasteiger partial charge is 0.368 e. The minimum Gasteiger partial charge on any atom is -0.368 e. The van der Waals surface area contributed by atoms with Crippen molar-refractivity contribution in [2.75, 3.05) is 0 Å². The average molecular weight is 335 g/mol. The first-order chi connectivity index (χ1) is 9.75. The van der Waals surface area contributed by atoms with E-state index in [2.05, 4.69) is 58.3 Å². The molecule has 0 spiro atoms. The van der Waals surface area contributed by atoms with Crippen molar-refractivity contribution in [1.29, 1.82) is 0 Å². The molecule has 0 aromatic carbocycles. The van der Waals surface area contributed by atoms with Crippen molar-refractivity contribution in [2.45, 2.75) is 5.37 Å². The molecule has 2 aromatic heterocycles. The topological polar surface area (TPSA) is 24.1 Å². The smallest absolute Gasteiger partial charge is 0.113 e. The Morgan fingerprint density at radius 3 is 2.30 bits per heavy atom. The molecule has 2 aromatic rings. The zero-order valence-electron chi connectivity index (χ0n) is 10.2. The summed E-state index contributed by atoms with van der Waals surface area (Å²) in [4.78, 5) is 3.19. The summed E-state index contributed by atoms with van der Waals surface area (Å²) in [6.45, 7) is 0. The van der Waals surface area contributed by atoms with Crippen molar-refractivity contribution in [3.8, 4) is 0 Å². The number of nitrogens with one attached hydrogen (secondary N) is 2. The van der Waals surface area contributed by atoms with Crippen LogP contribution in [0.1, 0.15) is 9.75 Å². The molecule has 2 N–H and O–H groups in total. The van der Waals surface area contributed by atoms with Gasteiger partial charge in [-0.2, -0.15) is 0 Å².